The van der Waals surface area contributed by atoms with Crippen LogP contribution >= 0.6 is 0 Å². The van der Waals surface area contributed by atoms with Gasteiger partial charge < -0.3 is 14.6 Å². The van der Waals surface area contributed by atoms with Crippen molar-refractivity contribution in [3.8, 4) is 11.5 Å². The first-order chi connectivity index (χ1) is 12.2. The first-order valence-corrected chi connectivity index (χ1v) is 9.32. The van der Waals surface area contributed by atoms with Gasteiger partial charge in [-0.05, 0) is 61.9 Å². The number of hydrogen-bond acceptors (Lipinski definition) is 3. The van der Waals surface area contributed by atoms with Gasteiger partial charge in [0.05, 0.1) is 6.10 Å². The molecule has 134 valence electrons. The maximum atomic E-state index is 10.1. The smallest absolute Gasteiger partial charge is 0.130 e. The molecule has 1 saturated carbocycles. The summed E-state index contributed by atoms with van der Waals surface area (Å²) < 4.78 is 11.7. The lowest BCUT2D eigenvalue weighted by molar-refractivity contribution is 0.0700. The third kappa shape index (κ3) is 5.50. The second-order valence-corrected chi connectivity index (χ2v) is 7.01. The highest BCUT2D eigenvalue weighted by Crippen LogP contribution is 2.28. The maximum absolute atomic E-state index is 10.1. The molecule has 0 aliphatic heterocycles. The van der Waals surface area contributed by atoms with Gasteiger partial charge in [-0.15, -0.1) is 0 Å². The Kier molecular flexibility index (Phi) is 6.35. The monoisotopic (exact) mass is 340 g/mol. The van der Waals surface area contributed by atoms with Gasteiger partial charge in [-0.3, -0.25) is 0 Å². The average Bonchev–Trinajstić information content (AvgIpc) is 2.64. The van der Waals surface area contributed by atoms with Crippen LogP contribution in [0.1, 0.15) is 38.2 Å². The van der Waals surface area contributed by atoms with Gasteiger partial charge in [0.25, 0.3) is 0 Å². The fourth-order valence-corrected chi connectivity index (χ4v) is 3.43. The molecule has 0 radical (unpaired) electrons. The third-order valence-corrected chi connectivity index (χ3v) is 4.86. The molecule has 0 spiro atoms. The van der Waals surface area contributed by atoms with Crippen LogP contribution in [0.4, 0.5) is 0 Å². The molecular weight excluding hydrogens is 312 g/mol. The number of rotatable bonds is 7. The van der Waals surface area contributed by atoms with Crippen LogP contribution in [-0.4, -0.2) is 23.9 Å². The minimum absolute atomic E-state index is 0.0144. The van der Waals surface area contributed by atoms with Crippen molar-refractivity contribution in [3.63, 3.8) is 0 Å². The van der Waals surface area contributed by atoms with Gasteiger partial charge in [-0.25, -0.2) is 0 Å². The third-order valence-electron chi connectivity index (χ3n) is 4.86. The molecule has 3 rings (SSSR count). The lowest BCUT2D eigenvalue weighted by Gasteiger charge is -2.27. The van der Waals surface area contributed by atoms with Gasteiger partial charge in [0, 0.05) is 0 Å². The molecule has 0 saturated heterocycles. The van der Waals surface area contributed by atoms with Gasteiger partial charge in [0.1, 0.15) is 24.2 Å². The highest BCUT2D eigenvalue weighted by molar-refractivity contribution is 5.28. The Morgan fingerprint density at radius 1 is 0.960 bits per heavy atom. The molecule has 0 aromatic heterocycles. The van der Waals surface area contributed by atoms with Crippen molar-refractivity contribution in [1.82, 2.24) is 0 Å². The zero-order chi connectivity index (χ0) is 17.5. The summed E-state index contributed by atoms with van der Waals surface area (Å²) in [5.74, 6) is 2.12. The SMILES string of the molecule is CC(COc1ccc(C[C@H]2CCCC[C@H]2O)cc1)Oc1ccccc1. The summed E-state index contributed by atoms with van der Waals surface area (Å²) in [6.45, 7) is 2.52. The van der Waals surface area contributed by atoms with Crippen LogP contribution in [0, 0.1) is 5.92 Å². The molecule has 0 heterocycles. The Bertz CT molecular complexity index is 623. The van der Waals surface area contributed by atoms with Gasteiger partial charge in [0.15, 0.2) is 0 Å². The van der Waals surface area contributed by atoms with Crippen LogP contribution < -0.4 is 9.47 Å². The van der Waals surface area contributed by atoms with E-state index in [-0.39, 0.29) is 12.2 Å². The van der Waals surface area contributed by atoms with Gasteiger partial charge >= 0.3 is 0 Å². The first kappa shape index (κ1) is 17.8. The Hall–Kier alpha value is -2.00. The van der Waals surface area contributed by atoms with E-state index in [1.54, 1.807) is 0 Å². The summed E-state index contributed by atoms with van der Waals surface area (Å²) in [5, 5.41) is 10.1. The standard InChI is InChI=1S/C22H28O3/c1-17(25-21-8-3-2-4-9-21)16-24-20-13-11-18(12-14-20)15-19-7-5-6-10-22(19)23/h2-4,8-9,11-14,17,19,22-23H,5-7,10,15-16H2,1H3/t17?,19-,22-/m1/s1. The van der Waals surface area contributed by atoms with Crippen LogP contribution in [0.5, 0.6) is 11.5 Å². The molecule has 1 unspecified atom stereocenters. The predicted octanol–water partition coefficient (Wildman–Crippen LogP) is 4.63. The summed E-state index contributed by atoms with van der Waals surface area (Å²) in [6.07, 6.45) is 5.28. The van der Waals surface area contributed by atoms with E-state index in [2.05, 4.69) is 12.1 Å². The molecule has 1 N–H and O–H groups in total. The molecule has 0 amide bonds. The zero-order valence-electron chi connectivity index (χ0n) is 14.9. The zero-order valence-corrected chi connectivity index (χ0v) is 14.9. The number of benzene rings is 2. The van der Waals surface area contributed by atoms with E-state index < -0.39 is 0 Å². The molecule has 2 aromatic carbocycles. The Labute approximate surface area is 150 Å². The van der Waals surface area contributed by atoms with Crippen molar-refractivity contribution < 1.29 is 14.6 Å². The molecule has 3 atom stereocenters. The molecule has 2 aromatic rings. The van der Waals surface area contributed by atoms with Crippen molar-refractivity contribution >= 4 is 0 Å². The summed E-state index contributed by atoms with van der Waals surface area (Å²) in [6, 6.07) is 18.0. The van der Waals surface area contributed by atoms with Gasteiger partial charge in [-0.1, -0.05) is 43.2 Å². The van der Waals surface area contributed by atoms with Crippen molar-refractivity contribution in [1.29, 1.82) is 0 Å². The van der Waals surface area contributed by atoms with Crippen LogP contribution in [0.2, 0.25) is 0 Å². The minimum Gasteiger partial charge on any atom is -0.490 e. The molecule has 1 fully saturated rings. The van der Waals surface area contributed by atoms with Crippen LogP contribution in [0.15, 0.2) is 54.6 Å². The maximum Gasteiger partial charge on any atom is 0.130 e. The molecule has 25 heavy (non-hydrogen) atoms. The van der Waals surface area contributed by atoms with E-state index in [4.69, 9.17) is 9.47 Å². The lowest BCUT2D eigenvalue weighted by Crippen LogP contribution is -2.26. The highest BCUT2D eigenvalue weighted by atomic mass is 16.5. The second-order valence-electron chi connectivity index (χ2n) is 7.01. The molecule has 1 aliphatic carbocycles. The quantitative estimate of drug-likeness (QED) is 0.799. The fourth-order valence-electron chi connectivity index (χ4n) is 3.43. The summed E-state index contributed by atoms with van der Waals surface area (Å²) >= 11 is 0. The highest BCUT2D eigenvalue weighted by Gasteiger charge is 2.22. The summed E-state index contributed by atoms with van der Waals surface area (Å²) in [5.41, 5.74) is 1.27. The lowest BCUT2D eigenvalue weighted by atomic mass is 9.82. The van der Waals surface area contributed by atoms with E-state index in [1.165, 1.54) is 12.0 Å². The van der Waals surface area contributed by atoms with E-state index in [0.29, 0.717) is 12.5 Å². The number of hydrogen-bond donors (Lipinski definition) is 1. The number of para-hydroxylation sites is 1. The normalized spacial score (nSPS) is 21.5. The summed E-state index contributed by atoms with van der Waals surface area (Å²) in [4.78, 5) is 0. The Morgan fingerprint density at radius 3 is 2.40 bits per heavy atom. The van der Waals surface area contributed by atoms with E-state index in [1.807, 2.05) is 49.4 Å². The van der Waals surface area contributed by atoms with Crippen molar-refractivity contribution in [2.75, 3.05) is 6.61 Å². The van der Waals surface area contributed by atoms with Crippen molar-refractivity contribution in [3.05, 3.63) is 60.2 Å². The molecule has 3 heteroatoms. The number of ether oxygens (including phenoxy) is 2. The summed E-state index contributed by atoms with van der Waals surface area (Å²) in [7, 11) is 0. The topological polar surface area (TPSA) is 38.7 Å². The van der Waals surface area contributed by atoms with Crippen LogP contribution in [-0.2, 0) is 6.42 Å². The van der Waals surface area contributed by atoms with E-state index in [9.17, 15) is 5.11 Å². The molecule has 3 nitrogen and oxygen atoms in total. The van der Waals surface area contributed by atoms with Crippen molar-refractivity contribution in [2.24, 2.45) is 5.92 Å². The fraction of sp³-hybridized carbons (Fsp3) is 0.455. The van der Waals surface area contributed by atoms with Crippen LogP contribution in [0.25, 0.3) is 0 Å². The molecular formula is C22H28O3. The molecule has 1 aliphatic rings. The average molecular weight is 340 g/mol. The Balaban J connectivity index is 1.45. The van der Waals surface area contributed by atoms with E-state index >= 15 is 0 Å². The number of aliphatic hydroxyl groups is 1. The Morgan fingerprint density at radius 2 is 1.68 bits per heavy atom. The number of aliphatic hydroxyl groups excluding tert-OH is 1. The van der Waals surface area contributed by atoms with Gasteiger partial charge in [-0.2, -0.15) is 0 Å². The minimum atomic E-state index is -0.138. The first-order valence-electron chi connectivity index (χ1n) is 9.32. The second kappa shape index (κ2) is 8.91. The largest absolute Gasteiger partial charge is 0.490 e. The predicted molar refractivity (Wildman–Crippen MR) is 100 cm³/mol. The van der Waals surface area contributed by atoms with E-state index in [0.717, 1.165) is 37.2 Å². The molecule has 0 bridgehead atoms. The van der Waals surface area contributed by atoms with Gasteiger partial charge in [0.2, 0.25) is 0 Å². The van der Waals surface area contributed by atoms with Crippen LogP contribution in [0.3, 0.4) is 0 Å². The van der Waals surface area contributed by atoms with Crippen molar-refractivity contribution in [2.45, 2.75) is 51.2 Å².